The Kier molecular flexibility index (Phi) is 4.18. The molecule has 120 valence electrons. The second-order valence-corrected chi connectivity index (χ2v) is 6.00. The molecule has 0 bridgehead atoms. The molecule has 0 aliphatic rings. The number of nitrogens with two attached hydrogens (primary N) is 1. The van der Waals surface area contributed by atoms with Crippen molar-refractivity contribution in [2.45, 2.75) is 0 Å². The molecule has 0 aliphatic heterocycles. The van der Waals surface area contributed by atoms with Gasteiger partial charge in [0.1, 0.15) is 0 Å². The predicted molar refractivity (Wildman–Crippen MR) is 94.6 cm³/mol. The molecule has 0 saturated carbocycles. The van der Waals surface area contributed by atoms with Crippen LogP contribution in [-0.2, 0) is 0 Å². The van der Waals surface area contributed by atoms with Gasteiger partial charge in [-0.2, -0.15) is 0 Å². The van der Waals surface area contributed by atoms with E-state index in [0.717, 1.165) is 4.47 Å². The van der Waals surface area contributed by atoms with E-state index in [9.17, 15) is 9.59 Å². The first kappa shape index (κ1) is 15.9. The molecule has 4 N–H and O–H groups in total. The van der Waals surface area contributed by atoms with E-state index in [4.69, 9.17) is 10.8 Å². The molecule has 1 amide bonds. The number of hydrogen-bond donors (Lipinski definition) is 3. The zero-order chi connectivity index (χ0) is 17.3. The van der Waals surface area contributed by atoms with E-state index in [1.54, 1.807) is 12.1 Å². The molecule has 0 fully saturated rings. The lowest BCUT2D eigenvalue weighted by Crippen LogP contribution is -2.14. The Morgan fingerprint density at radius 2 is 1.96 bits per heavy atom. The van der Waals surface area contributed by atoms with Crippen molar-refractivity contribution in [1.29, 1.82) is 0 Å². The zero-order valence-electron chi connectivity index (χ0n) is 12.3. The van der Waals surface area contributed by atoms with E-state index in [-0.39, 0.29) is 11.1 Å². The summed E-state index contributed by atoms with van der Waals surface area (Å²) < 4.78 is 0.855. The third-order valence-electron chi connectivity index (χ3n) is 3.48. The van der Waals surface area contributed by atoms with Gasteiger partial charge in [0.25, 0.3) is 5.91 Å². The van der Waals surface area contributed by atoms with Crippen LogP contribution in [0.4, 0.5) is 11.4 Å². The summed E-state index contributed by atoms with van der Waals surface area (Å²) in [5.41, 5.74) is 7.51. The number of aromatic carboxylic acids is 1. The van der Waals surface area contributed by atoms with Crippen LogP contribution in [-0.4, -0.2) is 22.0 Å². The Morgan fingerprint density at radius 1 is 1.17 bits per heavy atom. The monoisotopic (exact) mass is 385 g/mol. The summed E-state index contributed by atoms with van der Waals surface area (Å²) in [5, 5.41) is 12.9. The van der Waals surface area contributed by atoms with Gasteiger partial charge in [0.15, 0.2) is 0 Å². The number of carboxylic acid groups (broad SMARTS) is 1. The first-order chi connectivity index (χ1) is 11.5. The van der Waals surface area contributed by atoms with Gasteiger partial charge >= 0.3 is 5.97 Å². The number of amides is 1. The molecule has 3 rings (SSSR count). The van der Waals surface area contributed by atoms with Crippen LogP contribution in [0.3, 0.4) is 0 Å². The molecule has 3 aromatic rings. The smallest absolute Gasteiger partial charge is 0.335 e. The van der Waals surface area contributed by atoms with E-state index < -0.39 is 11.9 Å². The van der Waals surface area contributed by atoms with Gasteiger partial charge in [-0.3, -0.25) is 9.78 Å². The molecule has 6 nitrogen and oxygen atoms in total. The highest BCUT2D eigenvalue weighted by atomic mass is 79.9. The van der Waals surface area contributed by atoms with Gasteiger partial charge in [0.2, 0.25) is 0 Å². The first-order valence-electron chi connectivity index (χ1n) is 6.94. The maximum absolute atomic E-state index is 11.7. The van der Waals surface area contributed by atoms with Crippen LogP contribution in [0.25, 0.3) is 10.9 Å². The number of fused-ring (bicyclic) bond motifs is 1. The van der Waals surface area contributed by atoms with Crippen LogP contribution in [0, 0.1) is 0 Å². The third kappa shape index (κ3) is 3.07. The average Bonchev–Trinajstić information content (AvgIpc) is 2.54. The number of carbonyl (C=O) groups excluding carboxylic acids is 1. The van der Waals surface area contributed by atoms with E-state index in [1.807, 2.05) is 18.2 Å². The summed E-state index contributed by atoms with van der Waals surface area (Å²) in [6.45, 7) is 0. The van der Waals surface area contributed by atoms with Crippen molar-refractivity contribution in [3.8, 4) is 0 Å². The summed E-state index contributed by atoms with van der Waals surface area (Å²) in [4.78, 5) is 27.1. The number of halogens is 1. The van der Waals surface area contributed by atoms with Gasteiger partial charge in [-0.1, -0.05) is 22.0 Å². The third-order valence-corrected chi connectivity index (χ3v) is 3.97. The van der Waals surface area contributed by atoms with Crippen LogP contribution in [0.1, 0.15) is 20.7 Å². The molecule has 24 heavy (non-hydrogen) atoms. The minimum atomic E-state index is -1.03. The quantitative estimate of drug-likeness (QED) is 0.636. The van der Waals surface area contributed by atoms with Crippen molar-refractivity contribution < 1.29 is 14.7 Å². The largest absolute Gasteiger partial charge is 0.478 e. The summed E-state index contributed by atoms with van der Waals surface area (Å²) in [6.07, 6.45) is 1.40. The Balaban J connectivity index is 2.16. The number of primary amides is 1. The molecule has 1 aromatic heterocycles. The van der Waals surface area contributed by atoms with E-state index in [0.29, 0.717) is 22.3 Å². The van der Waals surface area contributed by atoms with Crippen molar-refractivity contribution in [2.75, 3.05) is 5.32 Å². The van der Waals surface area contributed by atoms with Gasteiger partial charge < -0.3 is 16.2 Å². The van der Waals surface area contributed by atoms with Gasteiger partial charge in [0.05, 0.1) is 22.3 Å². The molecule has 0 spiro atoms. The predicted octanol–water partition coefficient (Wildman–Crippen LogP) is 3.54. The molecule has 0 atom stereocenters. The van der Waals surface area contributed by atoms with Gasteiger partial charge in [0, 0.05) is 21.7 Å². The van der Waals surface area contributed by atoms with Crippen LogP contribution >= 0.6 is 15.9 Å². The van der Waals surface area contributed by atoms with Crippen molar-refractivity contribution in [3.05, 3.63) is 64.3 Å². The molecule has 0 unspecified atom stereocenters. The number of nitrogens with one attached hydrogen (secondary N) is 1. The SMILES string of the molecule is NC(=O)c1cnc2cc(Br)ccc2c1Nc1cccc(C(=O)O)c1. The Morgan fingerprint density at radius 3 is 2.67 bits per heavy atom. The highest BCUT2D eigenvalue weighted by molar-refractivity contribution is 9.10. The van der Waals surface area contributed by atoms with Crippen LogP contribution in [0.5, 0.6) is 0 Å². The minimum absolute atomic E-state index is 0.140. The lowest BCUT2D eigenvalue weighted by molar-refractivity contribution is 0.0696. The Hall–Kier alpha value is -2.93. The molecule has 2 aromatic carbocycles. The standard InChI is InChI=1S/C17H12BrN3O3/c18-10-4-5-12-14(7-10)20-8-13(16(19)22)15(12)21-11-3-1-2-9(6-11)17(23)24/h1-8H,(H2,19,22)(H,20,21)(H,23,24). The van der Waals surface area contributed by atoms with Crippen LogP contribution in [0.2, 0.25) is 0 Å². The Labute approximate surface area is 145 Å². The fourth-order valence-corrected chi connectivity index (χ4v) is 2.71. The maximum Gasteiger partial charge on any atom is 0.335 e. The topological polar surface area (TPSA) is 105 Å². The van der Waals surface area contributed by atoms with E-state index in [2.05, 4.69) is 26.2 Å². The van der Waals surface area contributed by atoms with Gasteiger partial charge in [-0.15, -0.1) is 0 Å². The second kappa shape index (κ2) is 6.29. The van der Waals surface area contributed by atoms with E-state index in [1.165, 1.54) is 18.3 Å². The molecule has 0 radical (unpaired) electrons. The molecular weight excluding hydrogens is 374 g/mol. The lowest BCUT2D eigenvalue weighted by Gasteiger charge is -2.13. The number of benzene rings is 2. The highest BCUT2D eigenvalue weighted by Crippen LogP contribution is 2.30. The summed E-state index contributed by atoms with van der Waals surface area (Å²) >= 11 is 3.38. The fraction of sp³-hybridized carbons (Fsp3) is 0. The first-order valence-corrected chi connectivity index (χ1v) is 7.73. The number of hydrogen-bond acceptors (Lipinski definition) is 4. The number of anilines is 2. The summed E-state index contributed by atoms with van der Waals surface area (Å²) in [7, 11) is 0. The number of carboxylic acids is 1. The normalized spacial score (nSPS) is 10.5. The zero-order valence-corrected chi connectivity index (χ0v) is 13.9. The molecular formula is C17H12BrN3O3. The second-order valence-electron chi connectivity index (χ2n) is 5.08. The Bertz CT molecular complexity index is 972. The number of nitrogens with zero attached hydrogens (tertiary/aromatic N) is 1. The fourth-order valence-electron chi connectivity index (χ4n) is 2.36. The maximum atomic E-state index is 11.7. The number of aromatic nitrogens is 1. The highest BCUT2D eigenvalue weighted by Gasteiger charge is 2.14. The van der Waals surface area contributed by atoms with Crippen molar-refractivity contribution >= 4 is 50.1 Å². The van der Waals surface area contributed by atoms with Crippen molar-refractivity contribution in [2.24, 2.45) is 5.73 Å². The lowest BCUT2D eigenvalue weighted by atomic mass is 10.1. The van der Waals surface area contributed by atoms with E-state index >= 15 is 0 Å². The van der Waals surface area contributed by atoms with Crippen LogP contribution in [0.15, 0.2) is 53.1 Å². The van der Waals surface area contributed by atoms with Crippen molar-refractivity contribution in [1.82, 2.24) is 4.98 Å². The van der Waals surface area contributed by atoms with Crippen LogP contribution < -0.4 is 11.1 Å². The van der Waals surface area contributed by atoms with Crippen molar-refractivity contribution in [3.63, 3.8) is 0 Å². The molecule has 7 heteroatoms. The number of carbonyl (C=O) groups is 2. The minimum Gasteiger partial charge on any atom is -0.478 e. The summed E-state index contributed by atoms with van der Waals surface area (Å²) in [5.74, 6) is -1.65. The molecule has 0 aliphatic carbocycles. The summed E-state index contributed by atoms with van der Waals surface area (Å²) in [6, 6.07) is 11.8. The molecule has 0 saturated heterocycles. The average molecular weight is 386 g/mol. The number of rotatable bonds is 4. The van der Waals surface area contributed by atoms with Gasteiger partial charge in [-0.05, 0) is 36.4 Å². The molecule has 1 heterocycles. The number of pyridine rings is 1. The van der Waals surface area contributed by atoms with Gasteiger partial charge in [-0.25, -0.2) is 4.79 Å².